The van der Waals surface area contributed by atoms with Crippen LogP contribution in [-0.4, -0.2) is 25.1 Å². The number of nitrogens with two attached hydrogens (primary N) is 2. The van der Waals surface area contributed by atoms with Crippen LogP contribution in [0.2, 0.25) is 10.0 Å². The Labute approximate surface area is 171 Å². The number of fused-ring (bicyclic) bond motifs is 1. The standard InChI is InChI=1S/C17H16Cl2N6O2S/c1-9(23-24-17(20)21)13-8-22-15-5-3-11(7-12(13)15)25-28(26,27)16-6-10(18)2-4-14(16)19/h2-8,22,25H,1H3,(H4,20,21,24). The fourth-order valence-corrected chi connectivity index (χ4v) is 4.38. The Hall–Kier alpha value is -2.75. The van der Waals surface area contributed by atoms with Gasteiger partial charge in [0.2, 0.25) is 5.96 Å². The summed E-state index contributed by atoms with van der Waals surface area (Å²) in [5.41, 5.74) is 13.0. The third kappa shape index (κ3) is 4.22. The Kier molecular flexibility index (Phi) is 5.50. The quantitative estimate of drug-likeness (QED) is 0.275. The fourth-order valence-electron chi connectivity index (χ4n) is 2.56. The molecule has 0 radical (unpaired) electrons. The third-order valence-electron chi connectivity index (χ3n) is 3.82. The highest BCUT2D eigenvalue weighted by Crippen LogP contribution is 2.29. The molecule has 0 aliphatic heterocycles. The number of nitrogens with zero attached hydrogens (tertiary/aromatic N) is 2. The van der Waals surface area contributed by atoms with Crippen LogP contribution in [0.5, 0.6) is 0 Å². The fraction of sp³-hybridized carbons (Fsp3) is 0.0588. The van der Waals surface area contributed by atoms with Crippen molar-refractivity contribution in [2.75, 3.05) is 4.72 Å². The lowest BCUT2D eigenvalue weighted by atomic mass is 10.1. The normalized spacial score (nSPS) is 12.2. The van der Waals surface area contributed by atoms with E-state index < -0.39 is 10.0 Å². The first-order chi connectivity index (χ1) is 13.2. The largest absolute Gasteiger partial charge is 0.369 e. The maximum Gasteiger partial charge on any atom is 0.263 e. The van der Waals surface area contributed by atoms with Crippen molar-refractivity contribution in [3.8, 4) is 0 Å². The summed E-state index contributed by atoms with van der Waals surface area (Å²) in [5.74, 6) is -0.161. The zero-order chi connectivity index (χ0) is 20.5. The molecule has 0 amide bonds. The van der Waals surface area contributed by atoms with Gasteiger partial charge < -0.3 is 16.5 Å². The molecule has 3 rings (SSSR count). The maximum absolute atomic E-state index is 12.7. The topological polar surface area (TPSA) is 139 Å². The van der Waals surface area contributed by atoms with Gasteiger partial charge in [0.1, 0.15) is 4.90 Å². The lowest BCUT2D eigenvalue weighted by Crippen LogP contribution is -2.22. The number of H-pyrrole nitrogens is 1. The lowest BCUT2D eigenvalue weighted by molar-refractivity contribution is 0.601. The van der Waals surface area contributed by atoms with Gasteiger partial charge in [-0.3, -0.25) is 4.72 Å². The van der Waals surface area contributed by atoms with Crippen molar-refractivity contribution in [1.82, 2.24) is 4.98 Å². The van der Waals surface area contributed by atoms with Gasteiger partial charge in [-0.25, -0.2) is 8.42 Å². The number of aromatic amines is 1. The van der Waals surface area contributed by atoms with Crippen LogP contribution in [0.4, 0.5) is 5.69 Å². The molecule has 28 heavy (non-hydrogen) atoms. The van der Waals surface area contributed by atoms with Crippen molar-refractivity contribution < 1.29 is 8.42 Å². The van der Waals surface area contributed by atoms with E-state index in [1.54, 1.807) is 31.3 Å². The minimum Gasteiger partial charge on any atom is -0.369 e. The summed E-state index contributed by atoms with van der Waals surface area (Å²) in [5, 5.41) is 8.66. The molecule has 146 valence electrons. The van der Waals surface area contributed by atoms with Gasteiger partial charge in [-0.1, -0.05) is 23.2 Å². The molecule has 0 fully saturated rings. The molecule has 0 unspecified atom stereocenters. The average molecular weight is 439 g/mol. The third-order valence-corrected chi connectivity index (χ3v) is 5.92. The molecule has 0 atom stereocenters. The molecular formula is C17H16Cl2N6O2S. The van der Waals surface area contributed by atoms with Crippen LogP contribution >= 0.6 is 23.2 Å². The number of halogens is 2. The van der Waals surface area contributed by atoms with E-state index in [9.17, 15) is 8.42 Å². The van der Waals surface area contributed by atoms with E-state index in [1.807, 2.05) is 0 Å². The summed E-state index contributed by atoms with van der Waals surface area (Å²) in [4.78, 5) is 2.98. The molecule has 3 aromatic rings. The van der Waals surface area contributed by atoms with Crippen LogP contribution in [0.3, 0.4) is 0 Å². The van der Waals surface area contributed by atoms with Crippen molar-refractivity contribution in [3.05, 3.63) is 58.2 Å². The molecule has 0 spiro atoms. The van der Waals surface area contributed by atoms with E-state index >= 15 is 0 Å². The summed E-state index contributed by atoms with van der Waals surface area (Å²) < 4.78 is 27.9. The monoisotopic (exact) mass is 438 g/mol. The number of nitrogens with one attached hydrogen (secondary N) is 2. The summed E-state index contributed by atoms with van der Waals surface area (Å²) in [7, 11) is -3.93. The number of hydrogen-bond acceptors (Lipinski definition) is 4. The Morgan fingerprint density at radius 1 is 1.11 bits per heavy atom. The molecule has 8 nitrogen and oxygen atoms in total. The number of hydrogen-bond donors (Lipinski definition) is 4. The van der Waals surface area contributed by atoms with E-state index in [1.165, 1.54) is 18.2 Å². The number of rotatable bonds is 5. The molecular weight excluding hydrogens is 423 g/mol. The Balaban J connectivity index is 2.01. The molecule has 6 N–H and O–H groups in total. The summed E-state index contributed by atoms with van der Waals surface area (Å²) in [6, 6.07) is 9.27. The minimum absolute atomic E-state index is 0.0699. The highest BCUT2D eigenvalue weighted by Gasteiger charge is 2.19. The van der Waals surface area contributed by atoms with E-state index in [0.29, 0.717) is 11.4 Å². The van der Waals surface area contributed by atoms with Gasteiger partial charge in [0, 0.05) is 33.4 Å². The van der Waals surface area contributed by atoms with Gasteiger partial charge in [-0.15, -0.1) is 5.10 Å². The summed E-state index contributed by atoms with van der Waals surface area (Å²) >= 11 is 11.9. The SMILES string of the molecule is CC(=NN=C(N)N)c1c[nH]c2ccc(NS(=O)(=O)c3cc(Cl)ccc3Cl)cc12. The first-order valence-corrected chi connectivity index (χ1v) is 10.1. The predicted octanol–water partition coefficient (Wildman–Crippen LogP) is 3.27. The second kappa shape index (κ2) is 7.70. The smallest absolute Gasteiger partial charge is 0.263 e. The first kappa shape index (κ1) is 20.0. The maximum atomic E-state index is 12.7. The van der Waals surface area contributed by atoms with Crippen LogP contribution < -0.4 is 16.2 Å². The van der Waals surface area contributed by atoms with Crippen molar-refractivity contribution >= 4 is 61.5 Å². The Bertz CT molecular complexity index is 1210. The van der Waals surface area contributed by atoms with Crippen molar-refractivity contribution in [3.63, 3.8) is 0 Å². The molecule has 2 aromatic carbocycles. The van der Waals surface area contributed by atoms with Crippen LogP contribution in [-0.2, 0) is 10.0 Å². The van der Waals surface area contributed by atoms with E-state index in [2.05, 4.69) is 19.9 Å². The summed E-state index contributed by atoms with van der Waals surface area (Å²) in [6.07, 6.45) is 1.73. The molecule has 0 saturated carbocycles. The number of guanidine groups is 1. The first-order valence-electron chi connectivity index (χ1n) is 7.90. The highest BCUT2D eigenvalue weighted by molar-refractivity contribution is 7.92. The van der Waals surface area contributed by atoms with E-state index in [-0.39, 0.29) is 20.9 Å². The zero-order valence-electron chi connectivity index (χ0n) is 14.6. The average Bonchev–Trinajstić information content (AvgIpc) is 3.04. The second-order valence-electron chi connectivity index (χ2n) is 5.85. The Morgan fingerprint density at radius 3 is 2.57 bits per heavy atom. The molecule has 0 aliphatic rings. The minimum atomic E-state index is -3.93. The molecule has 1 aromatic heterocycles. The molecule has 0 bridgehead atoms. The van der Waals surface area contributed by atoms with Gasteiger partial charge >= 0.3 is 0 Å². The second-order valence-corrected chi connectivity index (χ2v) is 8.35. The van der Waals surface area contributed by atoms with E-state index in [4.69, 9.17) is 34.7 Å². The molecule has 1 heterocycles. The number of anilines is 1. The van der Waals surface area contributed by atoms with Crippen molar-refractivity contribution in [2.45, 2.75) is 11.8 Å². The zero-order valence-corrected chi connectivity index (χ0v) is 16.9. The lowest BCUT2D eigenvalue weighted by Gasteiger charge is -2.10. The van der Waals surface area contributed by atoms with Gasteiger partial charge in [0.25, 0.3) is 10.0 Å². The Morgan fingerprint density at radius 2 is 1.86 bits per heavy atom. The summed E-state index contributed by atoms with van der Waals surface area (Å²) in [6.45, 7) is 1.73. The van der Waals surface area contributed by atoms with Gasteiger partial charge in [0.05, 0.1) is 10.7 Å². The number of aromatic nitrogens is 1. The van der Waals surface area contributed by atoms with E-state index in [0.717, 1.165) is 16.5 Å². The van der Waals surface area contributed by atoms with Crippen LogP contribution in [0.15, 0.2) is 57.7 Å². The van der Waals surface area contributed by atoms with Crippen LogP contribution in [0.1, 0.15) is 12.5 Å². The van der Waals surface area contributed by atoms with Crippen molar-refractivity contribution in [1.29, 1.82) is 0 Å². The van der Waals surface area contributed by atoms with Gasteiger partial charge in [0.15, 0.2) is 0 Å². The number of benzene rings is 2. The molecule has 0 aliphatic carbocycles. The molecule has 11 heteroatoms. The van der Waals surface area contributed by atoms with Crippen LogP contribution in [0, 0.1) is 0 Å². The molecule has 0 saturated heterocycles. The highest BCUT2D eigenvalue weighted by atomic mass is 35.5. The van der Waals surface area contributed by atoms with Gasteiger partial charge in [-0.2, -0.15) is 5.10 Å². The predicted molar refractivity (Wildman–Crippen MR) is 114 cm³/mol. The van der Waals surface area contributed by atoms with Gasteiger partial charge in [-0.05, 0) is 43.3 Å². The number of sulfonamides is 1. The van der Waals surface area contributed by atoms with Crippen LogP contribution in [0.25, 0.3) is 10.9 Å². The van der Waals surface area contributed by atoms with Crippen molar-refractivity contribution in [2.24, 2.45) is 21.7 Å².